The summed E-state index contributed by atoms with van der Waals surface area (Å²) >= 11 is 1.95. The third kappa shape index (κ3) is 4.22. The van der Waals surface area contributed by atoms with E-state index >= 15 is 0 Å². The van der Waals surface area contributed by atoms with Crippen molar-refractivity contribution >= 4 is 22.8 Å². The topological polar surface area (TPSA) is 55.9 Å². The zero-order valence-corrected chi connectivity index (χ0v) is 14.0. The van der Waals surface area contributed by atoms with Crippen LogP contribution in [0.2, 0.25) is 0 Å². The molecule has 0 aliphatic carbocycles. The SMILES string of the molecule is CCn1c(CC(CSCC(C)C)NN)nc2ccccc21. The molecule has 0 saturated carbocycles. The molecule has 0 bridgehead atoms. The quantitative estimate of drug-likeness (QED) is 0.582. The number of imidazole rings is 1. The first-order valence-corrected chi connectivity index (χ1v) is 8.79. The van der Waals surface area contributed by atoms with E-state index in [1.807, 2.05) is 17.8 Å². The van der Waals surface area contributed by atoms with Crippen molar-refractivity contribution in [1.29, 1.82) is 0 Å². The molecule has 0 spiro atoms. The molecular weight excluding hydrogens is 280 g/mol. The highest BCUT2D eigenvalue weighted by molar-refractivity contribution is 7.99. The van der Waals surface area contributed by atoms with E-state index in [2.05, 4.69) is 49.0 Å². The van der Waals surface area contributed by atoms with E-state index < -0.39 is 0 Å². The van der Waals surface area contributed by atoms with E-state index in [4.69, 9.17) is 10.8 Å². The Kier molecular flexibility index (Phi) is 6.08. The fourth-order valence-electron chi connectivity index (χ4n) is 2.47. The zero-order chi connectivity index (χ0) is 15.2. The molecule has 1 atom stereocenters. The minimum atomic E-state index is 0.260. The number of aromatic nitrogens is 2. The van der Waals surface area contributed by atoms with Gasteiger partial charge in [-0.25, -0.2) is 4.98 Å². The third-order valence-electron chi connectivity index (χ3n) is 3.48. The van der Waals surface area contributed by atoms with Crippen LogP contribution in [0.3, 0.4) is 0 Å². The van der Waals surface area contributed by atoms with Gasteiger partial charge < -0.3 is 4.57 Å². The molecule has 116 valence electrons. The fraction of sp³-hybridized carbons (Fsp3) is 0.562. The third-order valence-corrected chi connectivity index (χ3v) is 5.03. The summed E-state index contributed by atoms with van der Waals surface area (Å²) in [5.41, 5.74) is 5.22. The predicted octanol–water partition coefficient (Wildman–Crippen LogP) is 2.82. The van der Waals surface area contributed by atoms with Gasteiger partial charge in [0, 0.05) is 24.8 Å². The second-order valence-corrected chi connectivity index (χ2v) is 6.83. The fourth-order valence-corrected chi connectivity index (χ4v) is 3.57. The van der Waals surface area contributed by atoms with E-state index in [0.29, 0.717) is 5.92 Å². The van der Waals surface area contributed by atoms with Crippen molar-refractivity contribution in [3.05, 3.63) is 30.1 Å². The molecule has 0 radical (unpaired) electrons. The summed E-state index contributed by atoms with van der Waals surface area (Å²) in [5, 5.41) is 0. The smallest absolute Gasteiger partial charge is 0.111 e. The van der Waals surface area contributed by atoms with Crippen molar-refractivity contribution < 1.29 is 0 Å². The number of nitrogens with two attached hydrogens (primary N) is 1. The first kappa shape index (κ1) is 16.3. The van der Waals surface area contributed by atoms with Gasteiger partial charge in [0.1, 0.15) is 5.82 Å². The van der Waals surface area contributed by atoms with Crippen LogP contribution in [-0.2, 0) is 13.0 Å². The average Bonchev–Trinajstić information content (AvgIpc) is 2.82. The minimum Gasteiger partial charge on any atom is -0.328 e. The van der Waals surface area contributed by atoms with Crippen LogP contribution in [0, 0.1) is 5.92 Å². The van der Waals surface area contributed by atoms with Crippen LogP contribution >= 0.6 is 11.8 Å². The van der Waals surface area contributed by atoms with Crippen LogP contribution < -0.4 is 11.3 Å². The van der Waals surface area contributed by atoms with Crippen LogP contribution in [0.15, 0.2) is 24.3 Å². The lowest BCUT2D eigenvalue weighted by Gasteiger charge is -2.16. The minimum absolute atomic E-state index is 0.260. The van der Waals surface area contributed by atoms with E-state index in [-0.39, 0.29) is 6.04 Å². The lowest BCUT2D eigenvalue weighted by molar-refractivity contribution is 0.546. The van der Waals surface area contributed by atoms with Crippen molar-refractivity contribution in [2.75, 3.05) is 11.5 Å². The van der Waals surface area contributed by atoms with Gasteiger partial charge in [-0.1, -0.05) is 26.0 Å². The molecule has 1 unspecified atom stereocenters. The molecule has 0 aliphatic heterocycles. The number of aryl methyl sites for hydroxylation is 1. The Labute approximate surface area is 131 Å². The van der Waals surface area contributed by atoms with Gasteiger partial charge >= 0.3 is 0 Å². The molecule has 2 aromatic rings. The Balaban J connectivity index is 2.09. The first-order chi connectivity index (χ1) is 10.2. The number of fused-ring (bicyclic) bond motifs is 1. The monoisotopic (exact) mass is 306 g/mol. The van der Waals surface area contributed by atoms with Gasteiger partial charge in [-0.3, -0.25) is 11.3 Å². The molecule has 0 saturated heterocycles. The molecule has 1 aromatic carbocycles. The summed E-state index contributed by atoms with van der Waals surface area (Å²) in [4.78, 5) is 4.77. The molecular formula is C16H26N4S. The number of hydrogen-bond acceptors (Lipinski definition) is 4. The van der Waals surface area contributed by atoms with Crippen LogP contribution in [0.5, 0.6) is 0 Å². The maximum absolute atomic E-state index is 5.72. The second-order valence-electron chi connectivity index (χ2n) is 5.76. The Hall–Kier alpha value is -1.04. The molecule has 4 nitrogen and oxygen atoms in total. The lowest BCUT2D eigenvalue weighted by Crippen LogP contribution is -2.39. The largest absolute Gasteiger partial charge is 0.328 e. The molecule has 0 fully saturated rings. The van der Waals surface area contributed by atoms with Crippen molar-refractivity contribution in [2.24, 2.45) is 11.8 Å². The standard InChI is InChI=1S/C16H26N4S/c1-4-20-15-8-6-5-7-14(15)18-16(20)9-13(19-17)11-21-10-12(2)3/h5-8,12-13,19H,4,9-11,17H2,1-3H3. The van der Waals surface area contributed by atoms with Crippen molar-refractivity contribution in [3.8, 4) is 0 Å². The van der Waals surface area contributed by atoms with Crippen molar-refractivity contribution in [2.45, 2.75) is 39.8 Å². The number of para-hydroxylation sites is 2. The highest BCUT2D eigenvalue weighted by Crippen LogP contribution is 2.18. The van der Waals surface area contributed by atoms with E-state index in [1.54, 1.807) is 0 Å². The Morgan fingerprint density at radius 3 is 2.71 bits per heavy atom. The summed E-state index contributed by atoms with van der Waals surface area (Å²) in [6, 6.07) is 8.57. The Morgan fingerprint density at radius 1 is 1.29 bits per heavy atom. The summed E-state index contributed by atoms with van der Waals surface area (Å²) in [7, 11) is 0. The number of nitrogens with one attached hydrogen (secondary N) is 1. The first-order valence-electron chi connectivity index (χ1n) is 7.63. The van der Waals surface area contributed by atoms with Crippen molar-refractivity contribution in [1.82, 2.24) is 15.0 Å². The molecule has 0 aliphatic rings. The number of nitrogens with zero attached hydrogens (tertiary/aromatic N) is 2. The van der Waals surface area contributed by atoms with Gasteiger partial charge in [0.05, 0.1) is 11.0 Å². The highest BCUT2D eigenvalue weighted by Gasteiger charge is 2.15. The molecule has 1 heterocycles. The Bertz CT molecular complexity index is 564. The normalized spacial score (nSPS) is 13.2. The van der Waals surface area contributed by atoms with Crippen LogP contribution in [0.1, 0.15) is 26.6 Å². The van der Waals surface area contributed by atoms with Gasteiger partial charge in [0.2, 0.25) is 0 Å². The molecule has 21 heavy (non-hydrogen) atoms. The summed E-state index contributed by atoms with van der Waals surface area (Å²) in [5.74, 6) is 9.74. The van der Waals surface area contributed by atoms with Gasteiger partial charge in [-0.2, -0.15) is 11.8 Å². The highest BCUT2D eigenvalue weighted by atomic mass is 32.2. The number of rotatable bonds is 8. The van der Waals surface area contributed by atoms with E-state index in [0.717, 1.165) is 30.1 Å². The summed E-state index contributed by atoms with van der Waals surface area (Å²) in [6.45, 7) is 7.59. The van der Waals surface area contributed by atoms with Gasteiger partial charge in [0.25, 0.3) is 0 Å². The number of hydrazine groups is 1. The van der Waals surface area contributed by atoms with E-state index in [9.17, 15) is 0 Å². The van der Waals surface area contributed by atoms with Crippen molar-refractivity contribution in [3.63, 3.8) is 0 Å². The maximum atomic E-state index is 5.72. The van der Waals surface area contributed by atoms with Crippen LogP contribution in [-0.4, -0.2) is 27.1 Å². The number of thioether (sulfide) groups is 1. The van der Waals surface area contributed by atoms with Crippen LogP contribution in [0.4, 0.5) is 0 Å². The van der Waals surface area contributed by atoms with Gasteiger partial charge in [0.15, 0.2) is 0 Å². The molecule has 3 N–H and O–H groups in total. The van der Waals surface area contributed by atoms with Gasteiger partial charge in [-0.05, 0) is 30.7 Å². The molecule has 2 rings (SSSR count). The second kappa shape index (κ2) is 7.82. The predicted molar refractivity (Wildman–Crippen MR) is 92.4 cm³/mol. The molecule has 0 amide bonds. The van der Waals surface area contributed by atoms with Crippen LogP contribution in [0.25, 0.3) is 11.0 Å². The summed E-state index contributed by atoms with van der Waals surface area (Å²) < 4.78 is 2.28. The maximum Gasteiger partial charge on any atom is 0.111 e. The Morgan fingerprint density at radius 2 is 2.05 bits per heavy atom. The molecule has 5 heteroatoms. The number of hydrogen-bond donors (Lipinski definition) is 2. The molecule has 1 aromatic heterocycles. The summed E-state index contributed by atoms with van der Waals surface area (Å²) in [6.07, 6.45) is 0.865. The lowest BCUT2D eigenvalue weighted by atomic mass is 10.2. The zero-order valence-electron chi connectivity index (χ0n) is 13.2. The average molecular weight is 306 g/mol. The number of benzene rings is 1. The van der Waals surface area contributed by atoms with Gasteiger partial charge in [-0.15, -0.1) is 0 Å². The van der Waals surface area contributed by atoms with E-state index in [1.165, 1.54) is 11.3 Å².